The molecule has 0 radical (unpaired) electrons. The molecule has 0 amide bonds. The highest BCUT2D eigenvalue weighted by atomic mass is 16.7. The average molecular weight is 522 g/mol. The number of aromatic hydroxyl groups is 1. The molecule has 1 spiro atoms. The molecule has 1 unspecified atom stereocenters. The molecule has 7 nitrogen and oxygen atoms in total. The first kappa shape index (κ1) is 24.9. The Bertz CT molecular complexity index is 1210. The lowest BCUT2D eigenvalue weighted by molar-refractivity contribution is -0.924. The van der Waals surface area contributed by atoms with Gasteiger partial charge in [0, 0.05) is 51.6 Å². The number of aryl methyl sites for hydroxylation is 1. The molecule has 2 heterocycles. The van der Waals surface area contributed by atoms with Crippen molar-refractivity contribution in [1.29, 1.82) is 0 Å². The van der Waals surface area contributed by atoms with Gasteiger partial charge in [0.25, 0.3) is 0 Å². The summed E-state index contributed by atoms with van der Waals surface area (Å²) in [6.07, 6.45) is 6.10. The number of hydrogen-bond acceptors (Lipinski definition) is 6. The maximum Gasteiger partial charge on any atom is 0.206 e. The molecular weight excluding hydrogens is 482 g/mol. The Labute approximate surface area is 224 Å². The van der Waals surface area contributed by atoms with Gasteiger partial charge in [-0.15, -0.1) is 0 Å². The van der Waals surface area contributed by atoms with Crippen molar-refractivity contribution in [3.63, 3.8) is 0 Å². The monoisotopic (exact) mass is 521 g/mol. The molecule has 1 saturated heterocycles. The van der Waals surface area contributed by atoms with E-state index in [0.717, 1.165) is 36.8 Å². The number of rotatable bonds is 9. The fourth-order valence-electron chi connectivity index (χ4n) is 8.66. The maximum absolute atomic E-state index is 14.8. The van der Waals surface area contributed by atoms with E-state index in [1.54, 1.807) is 20.3 Å². The third kappa shape index (κ3) is 3.26. The van der Waals surface area contributed by atoms with Gasteiger partial charge in [-0.3, -0.25) is 0 Å². The molecule has 204 valence electrons. The highest BCUT2D eigenvalue weighted by Crippen LogP contribution is 2.69. The summed E-state index contributed by atoms with van der Waals surface area (Å²) in [6.45, 7) is 1.76. The predicted molar refractivity (Wildman–Crippen MR) is 142 cm³/mol. The smallest absolute Gasteiger partial charge is 0.206 e. The molecule has 3 aliphatic carbocycles. The Balaban J connectivity index is 1.34. The fourth-order valence-corrected chi connectivity index (χ4v) is 8.66. The van der Waals surface area contributed by atoms with Crippen LogP contribution < -0.4 is 4.74 Å². The molecule has 38 heavy (non-hydrogen) atoms. The first-order valence-corrected chi connectivity index (χ1v) is 14.3. The lowest BCUT2D eigenvalue weighted by atomic mass is 9.47. The van der Waals surface area contributed by atoms with Crippen molar-refractivity contribution in [2.24, 2.45) is 5.92 Å². The van der Waals surface area contributed by atoms with Gasteiger partial charge in [-0.25, -0.2) is 0 Å². The summed E-state index contributed by atoms with van der Waals surface area (Å²) in [4.78, 5) is 0. The van der Waals surface area contributed by atoms with Crippen molar-refractivity contribution in [2.75, 3.05) is 33.9 Å². The first-order valence-electron chi connectivity index (χ1n) is 14.3. The number of phenolic OH excluding ortho intramolecular Hbond substituents is 1. The average Bonchev–Trinajstić information content (AvgIpc) is 3.67. The Hall–Kier alpha value is -2.16. The number of ether oxygens (including phenoxy) is 4. The van der Waals surface area contributed by atoms with Crippen molar-refractivity contribution in [3.05, 3.63) is 64.4 Å². The molecule has 0 aromatic heterocycles. The lowest BCUT2D eigenvalue weighted by Gasteiger charge is -2.70. The van der Waals surface area contributed by atoms with Gasteiger partial charge < -0.3 is 33.9 Å². The van der Waals surface area contributed by atoms with E-state index in [9.17, 15) is 10.3 Å². The molecule has 5 aliphatic rings. The Morgan fingerprint density at radius 2 is 1.84 bits per heavy atom. The molecule has 2 bridgehead atoms. The minimum absolute atomic E-state index is 0.136. The predicted octanol–water partition coefficient (Wildman–Crippen LogP) is 4.62. The van der Waals surface area contributed by atoms with E-state index in [1.165, 1.54) is 5.56 Å². The third-order valence-electron chi connectivity index (χ3n) is 10.5. The fraction of sp³-hybridized carbons (Fsp3) is 0.613. The van der Waals surface area contributed by atoms with Gasteiger partial charge in [-0.1, -0.05) is 36.4 Å². The normalized spacial score (nSPS) is 36.0. The molecule has 2 aromatic carbocycles. The Morgan fingerprint density at radius 1 is 1.05 bits per heavy atom. The number of quaternary nitrogens is 1. The second-order valence-electron chi connectivity index (χ2n) is 12.2. The minimum Gasteiger partial charge on any atom is -0.632 e. The summed E-state index contributed by atoms with van der Waals surface area (Å²) < 4.78 is 25.8. The van der Waals surface area contributed by atoms with Gasteiger partial charge >= 0.3 is 0 Å². The highest BCUT2D eigenvalue weighted by Gasteiger charge is 2.80. The van der Waals surface area contributed by atoms with Crippen LogP contribution in [0.3, 0.4) is 0 Å². The zero-order valence-electron chi connectivity index (χ0n) is 22.5. The third-order valence-corrected chi connectivity index (χ3v) is 10.5. The molecule has 2 aliphatic heterocycles. The number of methoxy groups -OCH3 is 2. The molecule has 2 saturated carbocycles. The molecule has 1 N–H and O–H groups in total. The summed E-state index contributed by atoms with van der Waals surface area (Å²) in [5.41, 5.74) is 2.09. The standard InChI is InChI=1S/C31H39NO6/c1-35-31(36-2)15-14-30(37-18-6-9-21-7-4-3-5-8-21)25-19-23-12-13-24(33)27-26(23)29(30,28(31)38-27)16-17-32(25,34)20-22-10-11-22/h3-5,7-8,12-13,22,25,28,33H,6,9-11,14-20H2,1-2H3/t25-,28-,29+,30-,32?/m1/s1. The van der Waals surface area contributed by atoms with Gasteiger partial charge in [0.2, 0.25) is 5.79 Å². The molecule has 5 atom stereocenters. The van der Waals surface area contributed by atoms with Crippen molar-refractivity contribution in [2.45, 2.75) is 80.3 Å². The van der Waals surface area contributed by atoms with Crippen molar-refractivity contribution < 1.29 is 28.7 Å². The van der Waals surface area contributed by atoms with Crippen LogP contribution >= 0.6 is 0 Å². The molecule has 3 fully saturated rings. The van der Waals surface area contributed by atoms with Gasteiger partial charge in [0.1, 0.15) is 11.6 Å². The van der Waals surface area contributed by atoms with E-state index in [4.69, 9.17) is 18.9 Å². The summed E-state index contributed by atoms with van der Waals surface area (Å²) in [5.74, 6) is 0.200. The number of phenols is 1. The van der Waals surface area contributed by atoms with Crippen molar-refractivity contribution >= 4 is 0 Å². The van der Waals surface area contributed by atoms with Gasteiger partial charge in [-0.2, -0.15) is 0 Å². The van der Waals surface area contributed by atoms with E-state index in [1.807, 2.05) is 12.1 Å². The Kier molecular flexibility index (Phi) is 5.67. The molecular formula is C31H39NO6. The summed E-state index contributed by atoms with van der Waals surface area (Å²) in [5, 5.41) is 25.8. The molecule has 7 rings (SSSR count). The lowest BCUT2D eigenvalue weighted by Crippen LogP contribution is -2.83. The highest BCUT2D eigenvalue weighted by molar-refractivity contribution is 5.62. The van der Waals surface area contributed by atoms with Crippen LogP contribution in [0, 0.1) is 11.1 Å². The van der Waals surface area contributed by atoms with Crippen LogP contribution in [0.5, 0.6) is 11.5 Å². The number of likely N-dealkylation sites (tertiary alicyclic amines) is 1. The molecule has 7 heteroatoms. The summed E-state index contributed by atoms with van der Waals surface area (Å²) in [6, 6.07) is 14.0. The Morgan fingerprint density at radius 3 is 2.58 bits per heavy atom. The van der Waals surface area contributed by atoms with Crippen LogP contribution in [0.25, 0.3) is 0 Å². The number of hydrogen-bond donors (Lipinski definition) is 1. The first-order chi connectivity index (χ1) is 18.4. The summed E-state index contributed by atoms with van der Waals surface area (Å²) >= 11 is 0. The van der Waals surface area contributed by atoms with Crippen LogP contribution in [-0.2, 0) is 32.5 Å². The van der Waals surface area contributed by atoms with E-state index in [0.29, 0.717) is 57.0 Å². The van der Waals surface area contributed by atoms with Crippen LogP contribution in [0.15, 0.2) is 42.5 Å². The summed E-state index contributed by atoms with van der Waals surface area (Å²) in [7, 11) is 3.34. The largest absolute Gasteiger partial charge is 0.632 e. The van der Waals surface area contributed by atoms with Gasteiger partial charge in [0.15, 0.2) is 17.6 Å². The topological polar surface area (TPSA) is 80.2 Å². The van der Waals surface area contributed by atoms with Crippen LogP contribution in [-0.4, -0.2) is 67.2 Å². The van der Waals surface area contributed by atoms with E-state index in [-0.39, 0.29) is 16.4 Å². The SMILES string of the molecule is COC1(OC)CC[C@@]2(OCCCc3ccccc3)[C@H]3Cc4ccc(O)c5c4[C@@]2(CC[N+]3([O-])CC2CC2)[C@H]1O5. The van der Waals surface area contributed by atoms with Crippen molar-refractivity contribution in [3.8, 4) is 11.5 Å². The van der Waals surface area contributed by atoms with E-state index < -0.39 is 22.9 Å². The molecule has 2 aromatic rings. The van der Waals surface area contributed by atoms with Gasteiger partial charge in [-0.05, 0) is 49.3 Å². The van der Waals surface area contributed by atoms with E-state index in [2.05, 4.69) is 24.3 Å². The second-order valence-corrected chi connectivity index (χ2v) is 12.2. The second kappa shape index (κ2) is 8.67. The van der Waals surface area contributed by atoms with Gasteiger partial charge in [0.05, 0.1) is 18.5 Å². The van der Waals surface area contributed by atoms with Crippen LogP contribution in [0.2, 0.25) is 0 Å². The van der Waals surface area contributed by atoms with Crippen LogP contribution in [0.1, 0.15) is 55.2 Å². The zero-order chi connectivity index (χ0) is 26.2. The minimum atomic E-state index is -0.978. The number of benzene rings is 2. The maximum atomic E-state index is 14.8. The van der Waals surface area contributed by atoms with E-state index >= 15 is 0 Å². The number of nitrogens with zero attached hydrogens (tertiary/aromatic N) is 1. The van der Waals surface area contributed by atoms with Crippen molar-refractivity contribution in [1.82, 2.24) is 0 Å². The van der Waals surface area contributed by atoms with Crippen LogP contribution in [0.4, 0.5) is 0 Å². The quantitative estimate of drug-likeness (QED) is 0.225. The zero-order valence-corrected chi connectivity index (χ0v) is 22.5. The number of piperidine rings is 1. The number of hydroxylamine groups is 3.